The number of carbonyl (C=O) groups is 1. The number of para-hydroxylation sites is 2. The maximum Gasteiger partial charge on any atom is 0.419 e. The Balaban J connectivity index is 1.50. The van der Waals surface area contributed by atoms with Gasteiger partial charge in [0.1, 0.15) is 0 Å². The fourth-order valence-corrected chi connectivity index (χ4v) is 3.52. The van der Waals surface area contributed by atoms with Gasteiger partial charge >= 0.3 is 5.76 Å². The Morgan fingerprint density at radius 2 is 2.16 bits per heavy atom. The van der Waals surface area contributed by atoms with Crippen molar-refractivity contribution in [3.8, 4) is 0 Å². The van der Waals surface area contributed by atoms with Gasteiger partial charge in [-0.3, -0.25) is 9.36 Å². The van der Waals surface area contributed by atoms with E-state index < -0.39 is 5.76 Å². The van der Waals surface area contributed by atoms with Gasteiger partial charge in [0.05, 0.1) is 5.52 Å². The molecule has 1 saturated heterocycles. The molecule has 1 unspecified atom stereocenters. The molecular formula is C19H27N3O3. The van der Waals surface area contributed by atoms with Crippen molar-refractivity contribution in [2.24, 2.45) is 5.92 Å². The van der Waals surface area contributed by atoms with Crippen molar-refractivity contribution in [3.63, 3.8) is 0 Å². The van der Waals surface area contributed by atoms with Gasteiger partial charge in [-0.1, -0.05) is 12.1 Å². The number of aryl methyl sites for hydroxylation is 1. The van der Waals surface area contributed by atoms with E-state index in [9.17, 15) is 9.59 Å². The number of aromatic nitrogens is 1. The number of amides is 1. The van der Waals surface area contributed by atoms with Crippen molar-refractivity contribution in [1.29, 1.82) is 0 Å². The fourth-order valence-electron chi connectivity index (χ4n) is 3.52. The van der Waals surface area contributed by atoms with Crippen molar-refractivity contribution in [2.75, 3.05) is 19.6 Å². The second kappa shape index (κ2) is 7.87. The first-order valence-corrected chi connectivity index (χ1v) is 9.13. The van der Waals surface area contributed by atoms with E-state index in [2.05, 4.69) is 24.1 Å². The van der Waals surface area contributed by atoms with Crippen LogP contribution in [0.1, 0.15) is 33.1 Å². The van der Waals surface area contributed by atoms with Gasteiger partial charge in [0.2, 0.25) is 5.91 Å². The average Bonchev–Trinajstić information content (AvgIpc) is 2.93. The summed E-state index contributed by atoms with van der Waals surface area (Å²) in [5, 5.41) is 3.03. The zero-order chi connectivity index (χ0) is 17.8. The Morgan fingerprint density at radius 3 is 2.96 bits per heavy atom. The number of likely N-dealkylation sites (tertiary alicyclic amines) is 1. The predicted molar refractivity (Wildman–Crippen MR) is 97.5 cm³/mol. The summed E-state index contributed by atoms with van der Waals surface area (Å²) in [7, 11) is 0. The molecule has 1 aliphatic heterocycles. The van der Waals surface area contributed by atoms with Crippen LogP contribution in [0, 0.1) is 5.92 Å². The first kappa shape index (κ1) is 17.7. The van der Waals surface area contributed by atoms with E-state index in [-0.39, 0.29) is 12.3 Å². The number of rotatable bonds is 6. The molecule has 1 N–H and O–H groups in total. The van der Waals surface area contributed by atoms with Gasteiger partial charge in [-0.15, -0.1) is 0 Å². The van der Waals surface area contributed by atoms with Gasteiger partial charge < -0.3 is 14.6 Å². The summed E-state index contributed by atoms with van der Waals surface area (Å²) in [5.41, 5.74) is 1.30. The molecule has 0 aliphatic carbocycles. The van der Waals surface area contributed by atoms with E-state index in [1.807, 2.05) is 18.2 Å². The maximum absolute atomic E-state index is 12.2. The SMILES string of the molecule is CC(C)N1CCCC(CNC(=O)CCn2c(=O)oc3ccccc32)C1. The maximum atomic E-state index is 12.2. The van der Waals surface area contributed by atoms with E-state index in [1.165, 1.54) is 11.0 Å². The smallest absolute Gasteiger partial charge is 0.408 e. The topological polar surface area (TPSA) is 67.5 Å². The molecule has 0 saturated carbocycles. The van der Waals surface area contributed by atoms with Crippen molar-refractivity contribution in [3.05, 3.63) is 34.8 Å². The second-order valence-electron chi connectivity index (χ2n) is 7.14. The monoisotopic (exact) mass is 345 g/mol. The number of oxazole rings is 1. The van der Waals surface area contributed by atoms with Gasteiger partial charge in [0.25, 0.3) is 0 Å². The van der Waals surface area contributed by atoms with Crippen LogP contribution in [0.15, 0.2) is 33.5 Å². The molecule has 1 atom stereocenters. The number of piperidine rings is 1. The molecule has 2 heterocycles. The molecule has 6 heteroatoms. The molecule has 0 spiro atoms. The van der Waals surface area contributed by atoms with Crippen molar-refractivity contribution < 1.29 is 9.21 Å². The van der Waals surface area contributed by atoms with Crippen LogP contribution >= 0.6 is 0 Å². The highest BCUT2D eigenvalue weighted by molar-refractivity contribution is 5.76. The Morgan fingerprint density at radius 1 is 1.36 bits per heavy atom. The lowest BCUT2D eigenvalue weighted by atomic mass is 9.97. The normalized spacial score (nSPS) is 18.8. The lowest BCUT2D eigenvalue weighted by molar-refractivity contribution is -0.121. The number of nitrogens with one attached hydrogen (secondary N) is 1. The van der Waals surface area contributed by atoms with Crippen molar-refractivity contribution >= 4 is 17.0 Å². The first-order valence-electron chi connectivity index (χ1n) is 9.13. The van der Waals surface area contributed by atoms with Gasteiger partial charge in [-0.05, 0) is 51.3 Å². The van der Waals surface area contributed by atoms with Gasteiger partial charge in [0, 0.05) is 32.1 Å². The minimum absolute atomic E-state index is 0.0150. The molecule has 136 valence electrons. The van der Waals surface area contributed by atoms with Crippen LogP contribution in [0.5, 0.6) is 0 Å². The number of hydrogen-bond donors (Lipinski definition) is 1. The number of nitrogens with zero attached hydrogens (tertiary/aromatic N) is 2. The fraction of sp³-hybridized carbons (Fsp3) is 0.579. The molecular weight excluding hydrogens is 318 g/mol. The van der Waals surface area contributed by atoms with E-state index in [0.29, 0.717) is 30.6 Å². The Labute approximate surface area is 147 Å². The molecule has 25 heavy (non-hydrogen) atoms. The third-order valence-corrected chi connectivity index (χ3v) is 5.00. The highest BCUT2D eigenvalue weighted by Crippen LogP contribution is 2.17. The quantitative estimate of drug-likeness (QED) is 0.872. The van der Waals surface area contributed by atoms with Crippen molar-refractivity contribution in [1.82, 2.24) is 14.8 Å². The highest BCUT2D eigenvalue weighted by atomic mass is 16.4. The number of hydrogen-bond acceptors (Lipinski definition) is 4. The zero-order valence-corrected chi connectivity index (χ0v) is 15.0. The van der Waals surface area contributed by atoms with Crippen LogP contribution < -0.4 is 11.1 Å². The lowest BCUT2D eigenvalue weighted by Gasteiger charge is -2.35. The third kappa shape index (κ3) is 4.31. The van der Waals surface area contributed by atoms with Crippen LogP contribution in [0.2, 0.25) is 0 Å². The average molecular weight is 345 g/mol. The predicted octanol–water partition coefficient (Wildman–Crippen LogP) is 2.22. The molecule has 3 rings (SSSR count). The third-order valence-electron chi connectivity index (χ3n) is 5.00. The van der Waals surface area contributed by atoms with Crippen LogP contribution in [-0.2, 0) is 11.3 Å². The zero-order valence-electron chi connectivity index (χ0n) is 15.0. The van der Waals surface area contributed by atoms with E-state index in [4.69, 9.17) is 4.42 Å². The molecule has 1 aromatic heterocycles. The summed E-state index contributed by atoms with van der Waals surface area (Å²) < 4.78 is 6.71. The van der Waals surface area contributed by atoms with Gasteiger partial charge in [-0.25, -0.2) is 4.79 Å². The van der Waals surface area contributed by atoms with Crippen LogP contribution in [0.4, 0.5) is 0 Å². The van der Waals surface area contributed by atoms with Crippen molar-refractivity contribution in [2.45, 2.75) is 45.7 Å². The standard InChI is InChI=1S/C19H27N3O3/c1-14(2)21-10-5-6-15(13-21)12-20-18(23)9-11-22-16-7-3-4-8-17(16)25-19(22)24/h3-4,7-8,14-15H,5-6,9-13H2,1-2H3,(H,20,23). The molecule has 0 radical (unpaired) electrons. The summed E-state index contributed by atoms with van der Waals surface area (Å²) in [6.07, 6.45) is 2.63. The molecule has 1 amide bonds. The summed E-state index contributed by atoms with van der Waals surface area (Å²) >= 11 is 0. The molecule has 2 aromatic rings. The highest BCUT2D eigenvalue weighted by Gasteiger charge is 2.22. The van der Waals surface area contributed by atoms with E-state index in [0.717, 1.165) is 25.0 Å². The Bertz CT molecular complexity index is 778. The van der Waals surface area contributed by atoms with Crippen LogP contribution in [0.25, 0.3) is 11.1 Å². The van der Waals surface area contributed by atoms with Crippen LogP contribution in [-0.4, -0.2) is 41.1 Å². The molecule has 0 bridgehead atoms. The minimum Gasteiger partial charge on any atom is -0.408 e. The minimum atomic E-state index is -0.408. The first-order chi connectivity index (χ1) is 12.0. The Kier molecular flexibility index (Phi) is 5.58. The van der Waals surface area contributed by atoms with E-state index in [1.54, 1.807) is 6.07 Å². The Hall–Kier alpha value is -2.08. The molecule has 1 aromatic carbocycles. The lowest BCUT2D eigenvalue weighted by Crippen LogP contribution is -2.43. The summed E-state index contributed by atoms with van der Waals surface area (Å²) in [4.78, 5) is 26.6. The molecule has 1 fully saturated rings. The largest absolute Gasteiger partial charge is 0.419 e. The number of benzene rings is 1. The second-order valence-corrected chi connectivity index (χ2v) is 7.14. The molecule has 1 aliphatic rings. The summed E-state index contributed by atoms with van der Waals surface area (Å²) in [6, 6.07) is 7.83. The summed E-state index contributed by atoms with van der Waals surface area (Å²) in [6.45, 7) is 7.68. The number of fused-ring (bicyclic) bond motifs is 1. The van der Waals surface area contributed by atoms with Crippen LogP contribution in [0.3, 0.4) is 0 Å². The van der Waals surface area contributed by atoms with Gasteiger partial charge in [-0.2, -0.15) is 0 Å². The number of carbonyl (C=O) groups excluding carboxylic acids is 1. The molecule has 6 nitrogen and oxygen atoms in total. The van der Waals surface area contributed by atoms with Gasteiger partial charge in [0.15, 0.2) is 5.58 Å². The summed E-state index contributed by atoms with van der Waals surface area (Å²) in [5.74, 6) is 0.0882. The van der Waals surface area contributed by atoms with E-state index >= 15 is 0 Å².